The molecular weight excluding hydrogens is 258 g/mol. The van der Waals surface area contributed by atoms with E-state index >= 15 is 0 Å². The molecule has 2 heterocycles. The van der Waals surface area contributed by atoms with E-state index in [0.29, 0.717) is 18.8 Å². The molecule has 0 bridgehead atoms. The zero-order valence-corrected chi connectivity index (χ0v) is 11.5. The van der Waals surface area contributed by atoms with Gasteiger partial charge in [-0.05, 0) is 50.3 Å². The maximum Gasteiger partial charge on any atom is 0.325 e. The van der Waals surface area contributed by atoms with Crippen LogP contribution >= 0.6 is 0 Å². The number of urea groups is 1. The van der Waals surface area contributed by atoms with Gasteiger partial charge in [0, 0.05) is 6.54 Å². The zero-order valence-electron chi connectivity index (χ0n) is 11.5. The second-order valence-corrected chi connectivity index (χ2v) is 5.96. The van der Waals surface area contributed by atoms with Crippen LogP contribution in [0.15, 0.2) is 22.8 Å². The summed E-state index contributed by atoms with van der Waals surface area (Å²) in [4.78, 5) is 26.0. The van der Waals surface area contributed by atoms with Crippen molar-refractivity contribution in [3.8, 4) is 0 Å². The molecule has 0 radical (unpaired) electrons. The lowest BCUT2D eigenvalue weighted by Gasteiger charge is -2.22. The van der Waals surface area contributed by atoms with E-state index in [1.54, 1.807) is 19.1 Å². The third kappa shape index (κ3) is 1.91. The number of hydrogen-bond donors (Lipinski definition) is 2. The van der Waals surface area contributed by atoms with Crippen LogP contribution in [0.1, 0.15) is 31.9 Å². The quantitative estimate of drug-likeness (QED) is 0.791. The fourth-order valence-electron chi connectivity index (χ4n) is 2.88. The number of nitrogens with one attached hydrogen (secondary N) is 1. The summed E-state index contributed by atoms with van der Waals surface area (Å²) in [6, 6.07) is 3.06. The predicted octanol–water partition coefficient (Wildman–Crippen LogP) is 1.18. The van der Waals surface area contributed by atoms with Crippen molar-refractivity contribution in [3.63, 3.8) is 0 Å². The highest BCUT2D eigenvalue weighted by atomic mass is 16.3. The number of carbonyl (C=O) groups is 2. The van der Waals surface area contributed by atoms with Crippen LogP contribution in [0.2, 0.25) is 0 Å². The first kappa shape index (κ1) is 13.2. The van der Waals surface area contributed by atoms with E-state index in [-0.39, 0.29) is 17.4 Å². The molecule has 1 saturated heterocycles. The van der Waals surface area contributed by atoms with Crippen molar-refractivity contribution in [3.05, 3.63) is 24.2 Å². The summed E-state index contributed by atoms with van der Waals surface area (Å²) >= 11 is 0. The summed E-state index contributed by atoms with van der Waals surface area (Å²) in [6.07, 6.45) is 4.40. The molecule has 1 unspecified atom stereocenters. The van der Waals surface area contributed by atoms with Gasteiger partial charge in [0.05, 0.1) is 6.26 Å². The van der Waals surface area contributed by atoms with E-state index < -0.39 is 5.54 Å². The van der Waals surface area contributed by atoms with Gasteiger partial charge in [-0.25, -0.2) is 4.79 Å². The average Bonchev–Trinajstić information content (AvgIpc) is 2.87. The van der Waals surface area contributed by atoms with Crippen molar-refractivity contribution in [2.75, 3.05) is 13.1 Å². The Labute approximate surface area is 117 Å². The lowest BCUT2D eigenvalue weighted by atomic mass is 9.97. The van der Waals surface area contributed by atoms with E-state index in [0.717, 1.165) is 19.3 Å². The van der Waals surface area contributed by atoms with E-state index in [4.69, 9.17) is 10.2 Å². The van der Waals surface area contributed by atoms with Gasteiger partial charge in [0.25, 0.3) is 5.91 Å². The highest BCUT2D eigenvalue weighted by Gasteiger charge is 2.54. The van der Waals surface area contributed by atoms with E-state index in [1.165, 1.54) is 11.2 Å². The Morgan fingerprint density at radius 1 is 1.45 bits per heavy atom. The van der Waals surface area contributed by atoms with Crippen LogP contribution in [0.4, 0.5) is 4.79 Å². The van der Waals surface area contributed by atoms with Crippen LogP contribution in [0.3, 0.4) is 0 Å². The van der Waals surface area contributed by atoms with Gasteiger partial charge < -0.3 is 15.5 Å². The number of nitrogens with zero attached hydrogens (tertiary/aromatic N) is 1. The predicted molar refractivity (Wildman–Crippen MR) is 71.6 cm³/mol. The standard InChI is InChI=1S/C14H19N3O3/c1-13(10-3-2-8-20-10)11(18)17(12(19)16-13)9-14(4-5-14)6-7-15/h2-3,8H,4-7,9,15H2,1H3,(H,16,19). The average molecular weight is 277 g/mol. The highest BCUT2D eigenvalue weighted by molar-refractivity contribution is 6.06. The summed E-state index contributed by atoms with van der Waals surface area (Å²) in [5.74, 6) is 0.211. The monoisotopic (exact) mass is 277 g/mol. The minimum atomic E-state index is -1.10. The molecule has 6 heteroatoms. The lowest BCUT2D eigenvalue weighted by Crippen LogP contribution is -2.41. The van der Waals surface area contributed by atoms with Gasteiger partial charge in [-0.1, -0.05) is 0 Å². The summed E-state index contributed by atoms with van der Waals surface area (Å²) in [7, 11) is 0. The Kier molecular flexibility index (Phi) is 2.86. The van der Waals surface area contributed by atoms with E-state index in [9.17, 15) is 9.59 Å². The second-order valence-electron chi connectivity index (χ2n) is 5.96. The third-order valence-electron chi connectivity index (χ3n) is 4.41. The van der Waals surface area contributed by atoms with Crippen LogP contribution in [0.5, 0.6) is 0 Å². The van der Waals surface area contributed by atoms with Gasteiger partial charge in [0.2, 0.25) is 0 Å². The first-order chi connectivity index (χ1) is 9.51. The lowest BCUT2D eigenvalue weighted by molar-refractivity contribution is -0.132. The Balaban J connectivity index is 1.81. The van der Waals surface area contributed by atoms with E-state index in [1.807, 2.05) is 0 Å². The number of imide groups is 1. The molecule has 1 aromatic heterocycles. The molecule has 1 aliphatic carbocycles. The molecule has 3 rings (SSSR count). The Morgan fingerprint density at radius 3 is 2.75 bits per heavy atom. The van der Waals surface area contributed by atoms with Crippen LogP contribution in [-0.4, -0.2) is 29.9 Å². The molecule has 1 atom stereocenters. The molecule has 0 spiro atoms. The van der Waals surface area contributed by atoms with Crippen molar-refractivity contribution in [2.24, 2.45) is 11.1 Å². The molecule has 6 nitrogen and oxygen atoms in total. The largest absolute Gasteiger partial charge is 0.466 e. The van der Waals surface area contributed by atoms with Gasteiger partial charge in [-0.3, -0.25) is 9.69 Å². The van der Waals surface area contributed by atoms with Crippen LogP contribution < -0.4 is 11.1 Å². The van der Waals surface area contributed by atoms with Gasteiger partial charge >= 0.3 is 6.03 Å². The van der Waals surface area contributed by atoms with E-state index in [2.05, 4.69) is 5.32 Å². The molecule has 2 fully saturated rings. The normalized spacial score (nSPS) is 27.8. The summed E-state index contributed by atoms with van der Waals surface area (Å²) in [5.41, 5.74) is 4.55. The molecule has 108 valence electrons. The maximum atomic E-state index is 12.6. The summed E-state index contributed by atoms with van der Waals surface area (Å²) < 4.78 is 5.30. The number of hydrogen-bond acceptors (Lipinski definition) is 4. The molecule has 3 amide bonds. The number of rotatable bonds is 5. The minimum absolute atomic E-state index is 0.0379. The van der Waals surface area contributed by atoms with Crippen LogP contribution in [-0.2, 0) is 10.3 Å². The van der Waals surface area contributed by atoms with Crippen LogP contribution in [0, 0.1) is 5.41 Å². The van der Waals surface area contributed by atoms with Gasteiger partial charge in [0.1, 0.15) is 5.76 Å². The van der Waals surface area contributed by atoms with Crippen molar-refractivity contribution in [1.82, 2.24) is 10.2 Å². The van der Waals surface area contributed by atoms with Gasteiger partial charge in [0.15, 0.2) is 5.54 Å². The first-order valence-electron chi connectivity index (χ1n) is 6.89. The zero-order chi connectivity index (χ0) is 14.4. The number of nitrogens with two attached hydrogens (primary N) is 1. The van der Waals surface area contributed by atoms with Gasteiger partial charge in [-0.2, -0.15) is 0 Å². The number of carbonyl (C=O) groups excluding carboxylic acids is 2. The number of amides is 3. The molecular formula is C14H19N3O3. The Morgan fingerprint density at radius 2 is 2.20 bits per heavy atom. The van der Waals surface area contributed by atoms with Crippen molar-refractivity contribution in [2.45, 2.75) is 31.7 Å². The summed E-state index contributed by atoms with van der Waals surface area (Å²) in [5, 5.41) is 2.74. The fraction of sp³-hybridized carbons (Fsp3) is 0.571. The third-order valence-corrected chi connectivity index (χ3v) is 4.41. The van der Waals surface area contributed by atoms with Crippen molar-refractivity contribution < 1.29 is 14.0 Å². The fourth-order valence-corrected chi connectivity index (χ4v) is 2.88. The molecule has 2 aliphatic rings. The Bertz CT molecular complexity index is 536. The maximum absolute atomic E-state index is 12.6. The SMILES string of the molecule is CC1(c2ccco2)NC(=O)N(CC2(CCN)CC2)C1=O. The van der Waals surface area contributed by atoms with Crippen molar-refractivity contribution in [1.29, 1.82) is 0 Å². The minimum Gasteiger partial charge on any atom is -0.466 e. The topological polar surface area (TPSA) is 88.6 Å². The second kappa shape index (κ2) is 4.34. The van der Waals surface area contributed by atoms with Crippen molar-refractivity contribution >= 4 is 11.9 Å². The first-order valence-corrected chi connectivity index (χ1v) is 6.89. The molecule has 1 saturated carbocycles. The smallest absolute Gasteiger partial charge is 0.325 e. The number of furan rings is 1. The molecule has 1 aromatic rings. The summed E-state index contributed by atoms with van der Waals surface area (Å²) in [6.45, 7) is 2.71. The highest BCUT2D eigenvalue weighted by Crippen LogP contribution is 2.49. The molecule has 20 heavy (non-hydrogen) atoms. The molecule has 1 aliphatic heterocycles. The molecule has 3 N–H and O–H groups in total. The van der Waals surface area contributed by atoms with Gasteiger partial charge in [-0.15, -0.1) is 0 Å². The Hall–Kier alpha value is -1.82. The van der Waals surface area contributed by atoms with Crippen LogP contribution in [0.25, 0.3) is 0 Å². The molecule has 0 aromatic carbocycles.